The Morgan fingerprint density at radius 2 is 1.70 bits per heavy atom. The van der Waals surface area contributed by atoms with Crippen molar-refractivity contribution in [1.82, 2.24) is 0 Å². The van der Waals surface area contributed by atoms with Crippen LogP contribution in [0, 0.1) is 13.8 Å². The highest BCUT2D eigenvalue weighted by Gasteiger charge is 2.13. The number of aryl methyl sites for hydroxylation is 2. The number of thiocarbonyl (C=S) groups is 1. The lowest BCUT2D eigenvalue weighted by atomic mass is 9.99. The summed E-state index contributed by atoms with van der Waals surface area (Å²) < 4.78 is 6.32. The normalized spacial score (nSPS) is 10.6. The Morgan fingerprint density at radius 3 is 2.33 bits per heavy atom. The van der Waals surface area contributed by atoms with Crippen LogP contribution >= 0.6 is 39.7 Å². The predicted molar refractivity (Wildman–Crippen MR) is 122 cm³/mol. The first kappa shape index (κ1) is 19.9. The maximum Gasteiger partial charge on any atom is 0.119 e. The lowest BCUT2D eigenvalue weighted by Gasteiger charge is -2.14. The first-order valence-electron chi connectivity index (χ1n) is 8.41. The van der Waals surface area contributed by atoms with E-state index in [-0.39, 0.29) is 0 Å². The Bertz CT molecular complexity index is 1020. The standard InChI is InChI=1S/C22H19BrClNOS/c1-13-11-17(26-3)6-8-18(13)22(27)19-7-5-16(12-20(19)24)25-21-9-4-15(23)10-14(21)2/h4-12,25H,1-3H3. The fraction of sp³-hybridized carbons (Fsp3) is 0.136. The second-order valence-corrected chi connectivity index (χ2v) is 8.02. The van der Waals surface area contributed by atoms with Crippen LogP contribution in [-0.4, -0.2) is 12.0 Å². The van der Waals surface area contributed by atoms with Crippen LogP contribution in [0.1, 0.15) is 22.3 Å². The lowest BCUT2D eigenvalue weighted by Crippen LogP contribution is -2.04. The van der Waals surface area contributed by atoms with Crippen molar-refractivity contribution in [3.05, 3.63) is 86.3 Å². The molecular weight excluding hydrogens is 442 g/mol. The number of benzene rings is 3. The largest absolute Gasteiger partial charge is 0.497 e. The molecule has 138 valence electrons. The summed E-state index contributed by atoms with van der Waals surface area (Å²) in [6.45, 7) is 4.08. The molecule has 0 spiro atoms. The molecule has 0 bridgehead atoms. The Kier molecular flexibility index (Phi) is 6.20. The van der Waals surface area contributed by atoms with Gasteiger partial charge in [-0.3, -0.25) is 0 Å². The first-order valence-corrected chi connectivity index (χ1v) is 9.99. The van der Waals surface area contributed by atoms with E-state index in [1.807, 2.05) is 55.5 Å². The van der Waals surface area contributed by atoms with Gasteiger partial charge in [-0.15, -0.1) is 0 Å². The minimum Gasteiger partial charge on any atom is -0.497 e. The molecule has 0 aliphatic rings. The van der Waals surface area contributed by atoms with Gasteiger partial charge in [-0.25, -0.2) is 0 Å². The third kappa shape index (κ3) is 4.52. The molecule has 0 aromatic heterocycles. The maximum absolute atomic E-state index is 6.56. The fourth-order valence-electron chi connectivity index (χ4n) is 2.86. The van der Waals surface area contributed by atoms with E-state index < -0.39 is 0 Å². The molecule has 0 radical (unpaired) electrons. The number of hydrogen-bond acceptors (Lipinski definition) is 3. The van der Waals surface area contributed by atoms with Crippen molar-refractivity contribution >= 4 is 56.0 Å². The van der Waals surface area contributed by atoms with Crippen molar-refractivity contribution < 1.29 is 4.74 Å². The Balaban J connectivity index is 1.87. The minimum atomic E-state index is 0.620. The molecule has 27 heavy (non-hydrogen) atoms. The third-order valence-electron chi connectivity index (χ3n) is 4.36. The van der Waals surface area contributed by atoms with Gasteiger partial charge in [0.2, 0.25) is 0 Å². The van der Waals surface area contributed by atoms with Crippen LogP contribution in [0.2, 0.25) is 5.02 Å². The molecule has 0 saturated heterocycles. The molecule has 0 saturated carbocycles. The quantitative estimate of drug-likeness (QED) is 0.320. The van der Waals surface area contributed by atoms with Gasteiger partial charge in [-0.1, -0.05) is 39.7 Å². The van der Waals surface area contributed by atoms with Crippen molar-refractivity contribution in [3.63, 3.8) is 0 Å². The lowest BCUT2D eigenvalue weighted by molar-refractivity contribution is 0.414. The van der Waals surface area contributed by atoms with Crippen LogP contribution in [0.5, 0.6) is 5.75 Å². The van der Waals surface area contributed by atoms with Crippen molar-refractivity contribution in [2.75, 3.05) is 12.4 Å². The van der Waals surface area contributed by atoms with Gasteiger partial charge in [0.05, 0.1) is 17.0 Å². The average molecular weight is 461 g/mol. The number of nitrogens with one attached hydrogen (secondary N) is 1. The Morgan fingerprint density at radius 1 is 0.963 bits per heavy atom. The molecular formula is C22H19BrClNOS. The predicted octanol–water partition coefficient (Wildman–Crippen LogP) is 7.24. The molecule has 3 rings (SSSR count). The van der Waals surface area contributed by atoms with Gasteiger partial charge in [-0.2, -0.15) is 0 Å². The van der Waals surface area contributed by atoms with Crippen LogP contribution in [-0.2, 0) is 0 Å². The molecule has 3 aromatic carbocycles. The van der Waals surface area contributed by atoms with Crippen LogP contribution in [0.4, 0.5) is 11.4 Å². The van der Waals surface area contributed by atoms with Crippen molar-refractivity contribution in [2.45, 2.75) is 13.8 Å². The van der Waals surface area contributed by atoms with Crippen molar-refractivity contribution in [3.8, 4) is 5.75 Å². The number of ether oxygens (including phenoxy) is 1. The summed E-state index contributed by atoms with van der Waals surface area (Å²) in [4.78, 5) is 0.728. The summed E-state index contributed by atoms with van der Waals surface area (Å²) in [5.74, 6) is 0.814. The second kappa shape index (κ2) is 8.42. The molecule has 5 heteroatoms. The average Bonchev–Trinajstić information content (AvgIpc) is 2.63. The molecule has 3 aromatic rings. The zero-order chi connectivity index (χ0) is 19.6. The SMILES string of the molecule is COc1ccc(C(=S)c2ccc(Nc3ccc(Br)cc3C)cc2Cl)c(C)c1. The molecule has 0 heterocycles. The topological polar surface area (TPSA) is 21.3 Å². The highest BCUT2D eigenvalue weighted by atomic mass is 79.9. The van der Waals surface area contributed by atoms with Gasteiger partial charge < -0.3 is 10.1 Å². The van der Waals surface area contributed by atoms with Crippen LogP contribution in [0.25, 0.3) is 0 Å². The monoisotopic (exact) mass is 459 g/mol. The van der Waals surface area contributed by atoms with Gasteiger partial charge in [0.1, 0.15) is 5.75 Å². The van der Waals surface area contributed by atoms with Crippen molar-refractivity contribution in [2.24, 2.45) is 0 Å². The fourth-order valence-corrected chi connectivity index (χ4v) is 4.08. The van der Waals surface area contributed by atoms with Crippen LogP contribution < -0.4 is 10.1 Å². The van der Waals surface area contributed by atoms with Gasteiger partial charge in [0.15, 0.2) is 0 Å². The van der Waals surface area contributed by atoms with E-state index >= 15 is 0 Å². The zero-order valence-electron chi connectivity index (χ0n) is 15.3. The molecule has 0 atom stereocenters. The molecule has 2 nitrogen and oxygen atoms in total. The molecule has 1 N–H and O–H groups in total. The van der Waals surface area contributed by atoms with Gasteiger partial charge >= 0.3 is 0 Å². The number of rotatable bonds is 5. The van der Waals surface area contributed by atoms with E-state index in [2.05, 4.69) is 34.2 Å². The zero-order valence-corrected chi connectivity index (χ0v) is 18.4. The smallest absolute Gasteiger partial charge is 0.119 e. The van der Waals surface area contributed by atoms with Gasteiger partial charge in [0, 0.05) is 21.4 Å². The molecule has 0 unspecified atom stereocenters. The number of halogens is 2. The number of methoxy groups -OCH3 is 1. The number of anilines is 2. The summed E-state index contributed by atoms with van der Waals surface area (Å²) in [5, 5.41) is 4.03. The summed E-state index contributed by atoms with van der Waals surface area (Å²) in [6, 6.07) is 17.8. The number of hydrogen-bond donors (Lipinski definition) is 1. The summed E-state index contributed by atoms with van der Waals surface area (Å²) in [6.07, 6.45) is 0. The van der Waals surface area contributed by atoms with Gasteiger partial charge in [-0.05, 0) is 85.1 Å². The van der Waals surface area contributed by atoms with E-state index in [9.17, 15) is 0 Å². The van der Waals surface area contributed by atoms with Gasteiger partial charge in [0.25, 0.3) is 0 Å². The highest BCUT2D eigenvalue weighted by molar-refractivity contribution is 9.10. The van der Waals surface area contributed by atoms with E-state index in [1.54, 1.807) is 7.11 Å². The van der Waals surface area contributed by atoms with E-state index in [0.29, 0.717) is 5.02 Å². The third-order valence-corrected chi connectivity index (χ3v) is 5.61. The second-order valence-electron chi connectivity index (χ2n) is 6.29. The summed E-state index contributed by atoms with van der Waals surface area (Å²) >= 11 is 15.7. The minimum absolute atomic E-state index is 0.620. The first-order chi connectivity index (χ1) is 12.9. The molecule has 0 amide bonds. The molecule has 0 fully saturated rings. The Hall–Kier alpha value is -1.88. The van der Waals surface area contributed by atoms with Crippen LogP contribution in [0.15, 0.2) is 59.1 Å². The van der Waals surface area contributed by atoms with Crippen LogP contribution in [0.3, 0.4) is 0 Å². The van der Waals surface area contributed by atoms with Crippen molar-refractivity contribution in [1.29, 1.82) is 0 Å². The summed E-state index contributed by atoms with van der Waals surface area (Å²) in [7, 11) is 1.66. The molecule has 0 aliphatic carbocycles. The Labute approximate surface area is 178 Å². The molecule has 0 aliphatic heterocycles. The maximum atomic E-state index is 6.56. The van der Waals surface area contributed by atoms with E-state index in [1.165, 1.54) is 0 Å². The summed E-state index contributed by atoms with van der Waals surface area (Å²) in [5.41, 5.74) is 5.99. The van der Waals surface area contributed by atoms with E-state index in [4.69, 9.17) is 28.6 Å². The van der Waals surface area contributed by atoms with E-state index in [0.717, 1.165) is 48.7 Å². The highest BCUT2D eigenvalue weighted by Crippen LogP contribution is 2.29.